The summed E-state index contributed by atoms with van der Waals surface area (Å²) in [4.78, 5) is 0.110. The Hall–Kier alpha value is -1.82. The van der Waals surface area contributed by atoms with Gasteiger partial charge in [-0.2, -0.15) is 16.8 Å². The monoisotopic (exact) mass is 514 g/mol. The van der Waals surface area contributed by atoms with Crippen molar-refractivity contribution in [3.8, 4) is 0 Å². The molecule has 2 atom stereocenters. The standard InChI is InChI=1S/C24H34O8S2/c1-19-9-13-23(14-10-19)33(27,28)31-17-21(25)7-5-3-4-6-8-22(26)18-32-34(29,30)24-15-11-20(2)12-16-24/h9-16,21-22,25-26H,3-8,17-18H2,1-2H3/t21-,22-/m0/s1. The minimum absolute atomic E-state index is 0.0551. The van der Waals surface area contributed by atoms with Gasteiger partial charge >= 0.3 is 0 Å². The molecule has 0 heterocycles. The van der Waals surface area contributed by atoms with Crippen molar-refractivity contribution in [1.82, 2.24) is 0 Å². The Kier molecular flexibility index (Phi) is 11.1. The molecule has 0 saturated carbocycles. The van der Waals surface area contributed by atoms with Gasteiger partial charge in [0, 0.05) is 0 Å². The van der Waals surface area contributed by atoms with Gasteiger partial charge in [-0.1, -0.05) is 61.1 Å². The Bertz CT molecular complexity index is 989. The molecule has 0 saturated heterocycles. The topological polar surface area (TPSA) is 127 Å². The number of rotatable bonds is 15. The van der Waals surface area contributed by atoms with Gasteiger partial charge in [-0.25, -0.2) is 0 Å². The van der Waals surface area contributed by atoms with Crippen molar-refractivity contribution in [2.75, 3.05) is 13.2 Å². The Labute approximate surface area is 202 Å². The Balaban J connectivity index is 1.57. The largest absolute Gasteiger partial charge is 0.391 e. The molecule has 190 valence electrons. The quantitative estimate of drug-likeness (QED) is 0.273. The van der Waals surface area contributed by atoms with Gasteiger partial charge in [0.25, 0.3) is 20.2 Å². The van der Waals surface area contributed by atoms with Gasteiger partial charge in [0.15, 0.2) is 0 Å². The number of benzene rings is 2. The molecular weight excluding hydrogens is 480 g/mol. The molecule has 0 fully saturated rings. The van der Waals surface area contributed by atoms with Crippen molar-refractivity contribution in [2.24, 2.45) is 0 Å². The molecule has 0 aliphatic rings. The van der Waals surface area contributed by atoms with Gasteiger partial charge in [0.1, 0.15) is 0 Å². The average molecular weight is 515 g/mol. The second-order valence-corrected chi connectivity index (χ2v) is 11.6. The molecule has 2 aromatic carbocycles. The smallest absolute Gasteiger partial charge is 0.297 e. The number of aliphatic hydroxyl groups excluding tert-OH is 2. The zero-order chi connectivity index (χ0) is 25.2. The first-order valence-electron chi connectivity index (χ1n) is 11.3. The minimum atomic E-state index is -3.90. The van der Waals surface area contributed by atoms with E-state index in [9.17, 15) is 27.0 Å². The molecule has 0 amide bonds. The molecule has 0 bridgehead atoms. The van der Waals surface area contributed by atoms with Gasteiger partial charge in [-0.15, -0.1) is 0 Å². The molecule has 8 nitrogen and oxygen atoms in total. The molecule has 0 aromatic heterocycles. The van der Waals surface area contributed by atoms with Gasteiger partial charge in [-0.3, -0.25) is 8.37 Å². The minimum Gasteiger partial charge on any atom is -0.391 e. The maximum Gasteiger partial charge on any atom is 0.297 e. The highest BCUT2D eigenvalue weighted by atomic mass is 32.2. The molecule has 0 aliphatic heterocycles. The predicted molar refractivity (Wildman–Crippen MR) is 128 cm³/mol. The summed E-state index contributed by atoms with van der Waals surface area (Å²) in [6.45, 7) is 3.10. The van der Waals surface area contributed by atoms with Crippen LogP contribution in [-0.4, -0.2) is 52.5 Å². The zero-order valence-electron chi connectivity index (χ0n) is 19.6. The zero-order valence-corrected chi connectivity index (χ0v) is 21.2. The van der Waals surface area contributed by atoms with Crippen LogP contribution in [0.2, 0.25) is 0 Å². The second-order valence-electron chi connectivity index (χ2n) is 8.40. The third kappa shape index (κ3) is 9.81. The lowest BCUT2D eigenvalue weighted by Gasteiger charge is -2.13. The first-order valence-corrected chi connectivity index (χ1v) is 14.1. The number of aliphatic hydroxyl groups is 2. The van der Waals surface area contributed by atoms with E-state index in [2.05, 4.69) is 0 Å². The van der Waals surface area contributed by atoms with E-state index >= 15 is 0 Å². The van der Waals surface area contributed by atoms with Gasteiger partial charge < -0.3 is 10.2 Å². The summed E-state index contributed by atoms with van der Waals surface area (Å²) in [7, 11) is -7.80. The third-order valence-electron chi connectivity index (χ3n) is 5.28. The fourth-order valence-corrected chi connectivity index (χ4v) is 5.05. The van der Waals surface area contributed by atoms with Crippen LogP contribution in [0, 0.1) is 13.8 Å². The molecule has 0 radical (unpaired) electrons. The molecule has 0 aliphatic carbocycles. The van der Waals surface area contributed by atoms with Crippen LogP contribution in [0.4, 0.5) is 0 Å². The molecule has 0 unspecified atom stereocenters. The highest BCUT2D eigenvalue weighted by Gasteiger charge is 2.18. The van der Waals surface area contributed by atoms with Crippen molar-refractivity contribution >= 4 is 20.2 Å². The van der Waals surface area contributed by atoms with Gasteiger partial charge in [-0.05, 0) is 51.0 Å². The maximum absolute atomic E-state index is 12.1. The van der Waals surface area contributed by atoms with Crippen molar-refractivity contribution in [3.63, 3.8) is 0 Å². The summed E-state index contributed by atoms with van der Waals surface area (Å²) in [6.07, 6.45) is 1.88. The molecule has 2 aromatic rings. The molecular formula is C24H34O8S2. The van der Waals surface area contributed by atoms with E-state index < -0.39 is 32.4 Å². The normalized spacial score (nSPS) is 14.1. The fourth-order valence-electron chi connectivity index (χ4n) is 3.16. The van der Waals surface area contributed by atoms with Crippen LogP contribution in [0.3, 0.4) is 0 Å². The van der Waals surface area contributed by atoms with Crippen molar-refractivity contribution in [3.05, 3.63) is 59.7 Å². The fraction of sp³-hybridized carbons (Fsp3) is 0.500. The van der Waals surface area contributed by atoms with E-state index in [1.165, 1.54) is 24.3 Å². The van der Waals surface area contributed by atoms with Crippen LogP contribution in [0.1, 0.15) is 49.7 Å². The van der Waals surface area contributed by atoms with Crippen LogP contribution in [0.15, 0.2) is 58.3 Å². The lowest BCUT2D eigenvalue weighted by atomic mass is 10.1. The van der Waals surface area contributed by atoms with Crippen LogP contribution in [0.25, 0.3) is 0 Å². The second kappa shape index (κ2) is 13.3. The average Bonchev–Trinajstić information content (AvgIpc) is 2.79. The van der Waals surface area contributed by atoms with Gasteiger partial charge in [0.2, 0.25) is 0 Å². The van der Waals surface area contributed by atoms with E-state index in [1.807, 2.05) is 13.8 Å². The summed E-state index contributed by atoms with van der Waals surface area (Å²) < 4.78 is 58.4. The summed E-state index contributed by atoms with van der Waals surface area (Å²) >= 11 is 0. The lowest BCUT2D eigenvalue weighted by Crippen LogP contribution is -2.19. The summed E-state index contributed by atoms with van der Waals surface area (Å²) in [5, 5.41) is 20.0. The van der Waals surface area contributed by atoms with Crippen LogP contribution in [-0.2, 0) is 28.6 Å². The van der Waals surface area contributed by atoms with Crippen LogP contribution in [0.5, 0.6) is 0 Å². The van der Waals surface area contributed by atoms with Crippen LogP contribution >= 0.6 is 0 Å². The van der Waals surface area contributed by atoms with E-state index in [0.29, 0.717) is 25.7 Å². The Morgan fingerprint density at radius 1 is 0.618 bits per heavy atom. The number of aryl methyl sites for hydroxylation is 2. The predicted octanol–water partition coefficient (Wildman–Crippen LogP) is 3.48. The molecule has 2 rings (SSSR count). The highest BCUT2D eigenvalue weighted by molar-refractivity contribution is 7.87. The molecule has 2 N–H and O–H groups in total. The Morgan fingerprint density at radius 3 is 1.26 bits per heavy atom. The summed E-state index contributed by atoms with van der Waals surface area (Å²) in [6, 6.07) is 12.6. The SMILES string of the molecule is Cc1ccc(S(=O)(=O)OC[C@@H](O)CCCCCC[C@H](O)COS(=O)(=O)c2ccc(C)cc2)cc1. The van der Waals surface area contributed by atoms with E-state index in [0.717, 1.165) is 24.0 Å². The summed E-state index contributed by atoms with van der Waals surface area (Å²) in [5.41, 5.74) is 1.87. The van der Waals surface area contributed by atoms with E-state index in [-0.39, 0.29) is 23.0 Å². The lowest BCUT2D eigenvalue weighted by molar-refractivity contribution is 0.0968. The first kappa shape index (κ1) is 28.4. The Morgan fingerprint density at radius 2 is 0.941 bits per heavy atom. The number of hydrogen-bond donors (Lipinski definition) is 2. The third-order valence-corrected chi connectivity index (χ3v) is 7.87. The van der Waals surface area contributed by atoms with E-state index in [1.54, 1.807) is 24.3 Å². The molecule has 10 heteroatoms. The molecule has 0 spiro atoms. The summed E-state index contributed by atoms with van der Waals surface area (Å²) in [5.74, 6) is 0. The van der Waals surface area contributed by atoms with Crippen molar-refractivity contribution < 1.29 is 35.4 Å². The first-order chi connectivity index (χ1) is 16.0. The molecule has 34 heavy (non-hydrogen) atoms. The van der Waals surface area contributed by atoms with Crippen molar-refractivity contribution in [2.45, 2.75) is 74.4 Å². The van der Waals surface area contributed by atoms with Crippen LogP contribution < -0.4 is 0 Å². The maximum atomic E-state index is 12.1. The van der Waals surface area contributed by atoms with Crippen molar-refractivity contribution in [1.29, 1.82) is 0 Å². The van der Waals surface area contributed by atoms with Gasteiger partial charge in [0.05, 0.1) is 35.2 Å². The highest BCUT2D eigenvalue weighted by Crippen LogP contribution is 2.16. The number of unbranched alkanes of at least 4 members (excludes halogenated alkanes) is 3. The number of hydrogen-bond acceptors (Lipinski definition) is 8. The van der Waals surface area contributed by atoms with E-state index in [4.69, 9.17) is 8.37 Å².